The lowest BCUT2D eigenvalue weighted by Gasteiger charge is -2.08. The highest BCUT2D eigenvalue weighted by Crippen LogP contribution is 2.22. The van der Waals surface area contributed by atoms with Crippen LogP contribution in [0, 0.1) is 0 Å². The number of hydrogen-bond donors (Lipinski definition) is 2. The molecule has 0 aromatic heterocycles. The Morgan fingerprint density at radius 3 is 2.07 bits per heavy atom. The second-order valence-electron chi connectivity index (χ2n) is 2.88. The zero-order valence-corrected chi connectivity index (χ0v) is 7.53. The topological polar surface area (TPSA) is 49.7 Å². The van der Waals surface area contributed by atoms with E-state index in [1.165, 1.54) is 24.3 Å². The van der Waals surface area contributed by atoms with Crippen LogP contribution in [0.25, 0.3) is 0 Å². The summed E-state index contributed by atoms with van der Waals surface area (Å²) in [4.78, 5) is 0. The molecule has 0 saturated carbocycles. The SMILES string of the molecule is OB(O)Oc1ccc(CC(F)(F)F)cc1. The van der Waals surface area contributed by atoms with E-state index in [1.807, 2.05) is 0 Å². The molecule has 0 unspecified atom stereocenters. The fourth-order valence-electron chi connectivity index (χ4n) is 1.04. The van der Waals surface area contributed by atoms with Crippen molar-refractivity contribution < 1.29 is 27.9 Å². The van der Waals surface area contributed by atoms with Crippen molar-refractivity contribution in [2.75, 3.05) is 0 Å². The van der Waals surface area contributed by atoms with Gasteiger partial charge in [0, 0.05) is 0 Å². The number of benzene rings is 1. The maximum atomic E-state index is 11.9. The minimum Gasteiger partial charge on any atom is -0.512 e. The molecule has 15 heavy (non-hydrogen) atoms. The number of halogens is 3. The monoisotopic (exact) mass is 220 g/mol. The average Bonchev–Trinajstić information content (AvgIpc) is 2.05. The molecule has 0 spiro atoms. The van der Waals surface area contributed by atoms with Crippen molar-refractivity contribution in [2.24, 2.45) is 0 Å². The lowest BCUT2D eigenvalue weighted by Crippen LogP contribution is -2.20. The van der Waals surface area contributed by atoms with Crippen molar-refractivity contribution in [1.29, 1.82) is 0 Å². The van der Waals surface area contributed by atoms with Gasteiger partial charge in [0.1, 0.15) is 5.75 Å². The van der Waals surface area contributed by atoms with Gasteiger partial charge in [-0.1, -0.05) is 12.1 Å². The van der Waals surface area contributed by atoms with E-state index in [-0.39, 0.29) is 11.3 Å². The third kappa shape index (κ3) is 4.71. The first-order chi connectivity index (χ1) is 6.87. The van der Waals surface area contributed by atoms with Crippen LogP contribution < -0.4 is 4.65 Å². The number of hydrogen-bond acceptors (Lipinski definition) is 3. The average molecular weight is 220 g/mol. The maximum Gasteiger partial charge on any atom is 0.707 e. The van der Waals surface area contributed by atoms with Crippen LogP contribution in [0.3, 0.4) is 0 Å². The normalized spacial score (nSPS) is 11.3. The highest BCUT2D eigenvalue weighted by molar-refractivity contribution is 6.33. The summed E-state index contributed by atoms with van der Waals surface area (Å²) in [6.07, 6.45) is -5.27. The van der Waals surface area contributed by atoms with E-state index in [0.29, 0.717) is 0 Å². The Hall–Kier alpha value is -1.21. The molecule has 1 aromatic carbocycles. The first-order valence-electron chi connectivity index (χ1n) is 4.05. The lowest BCUT2D eigenvalue weighted by molar-refractivity contribution is -0.127. The Bertz CT molecular complexity index is 310. The Labute approximate surface area is 84.3 Å². The van der Waals surface area contributed by atoms with E-state index >= 15 is 0 Å². The van der Waals surface area contributed by atoms with Gasteiger partial charge in [-0.15, -0.1) is 0 Å². The predicted molar refractivity (Wildman–Crippen MR) is 47.0 cm³/mol. The third-order valence-corrected chi connectivity index (χ3v) is 1.57. The van der Waals surface area contributed by atoms with Gasteiger partial charge in [-0.05, 0) is 17.7 Å². The largest absolute Gasteiger partial charge is 0.707 e. The highest BCUT2D eigenvalue weighted by atomic mass is 19.4. The van der Waals surface area contributed by atoms with Crippen molar-refractivity contribution in [1.82, 2.24) is 0 Å². The second-order valence-corrected chi connectivity index (χ2v) is 2.88. The third-order valence-electron chi connectivity index (χ3n) is 1.57. The molecule has 0 heterocycles. The lowest BCUT2D eigenvalue weighted by atomic mass is 10.1. The first kappa shape index (κ1) is 11.9. The van der Waals surface area contributed by atoms with Crippen molar-refractivity contribution in [2.45, 2.75) is 12.6 Å². The minimum atomic E-state index is -4.25. The molecule has 3 nitrogen and oxygen atoms in total. The van der Waals surface area contributed by atoms with E-state index in [2.05, 4.69) is 4.65 Å². The Kier molecular flexibility index (Phi) is 3.59. The zero-order chi connectivity index (χ0) is 11.5. The zero-order valence-electron chi connectivity index (χ0n) is 7.53. The molecule has 1 aromatic rings. The summed E-state index contributed by atoms with van der Waals surface area (Å²) in [6, 6.07) is 4.90. The Morgan fingerprint density at radius 1 is 1.13 bits per heavy atom. The fraction of sp³-hybridized carbons (Fsp3) is 0.250. The Morgan fingerprint density at radius 2 is 1.67 bits per heavy atom. The van der Waals surface area contributed by atoms with Crippen LogP contribution in [-0.4, -0.2) is 23.5 Å². The van der Waals surface area contributed by atoms with Crippen molar-refractivity contribution >= 4 is 7.32 Å². The van der Waals surface area contributed by atoms with E-state index in [1.54, 1.807) is 0 Å². The predicted octanol–water partition coefficient (Wildman–Crippen LogP) is 1.14. The van der Waals surface area contributed by atoms with Gasteiger partial charge in [-0.25, -0.2) is 0 Å². The van der Waals surface area contributed by atoms with E-state index in [9.17, 15) is 13.2 Å². The minimum absolute atomic E-state index is 0.0854. The summed E-state index contributed by atoms with van der Waals surface area (Å²) in [7, 11) is -1.97. The van der Waals surface area contributed by atoms with E-state index < -0.39 is 19.9 Å². The molecule has 0 radical (unpaired) electrons. The van der Waals surface area contributed by atoms with Gasteiger partial charge in [0.05, 0.1) is 6.42 Å². The van der Waals surface area contributed by atoms with Gasteiger partial charge in [-0.3, -0.25) is 0 Å². The molecule has 0 fully saturated rings. The summed E-state index contributed by atoms with van der Waals surface area (Å²) in [5.41, 5.74) is 0.0854. The van der Waals surface area contributed by atoms with Gasteiger partial charge in [-0.2, -0.15) is 13.2 Å². The van der Waals surface area contributed by atoms with Crippen LogP contribution in [0.4, 0.5) is 13.2 Å². The molecule has 0 atom stereocenters. The molecule has 0 amide bonds. The van der Waals surface area contributed by atoms with Crippen LogP contribution in [0.15, 0.2) is 24.3 Å². The highest BCUT2D eigenvalue weighted by Gasteiger charge is 2.27. The van der Waals surface area contributed by atoms with Crippen LogP contribution in [0.1, 0.15) is 5.56 Å². The van der Waals surface area contributed by atoms with Crippen LogP contribution in [-0.2, 0) is 6.42 Å². The molecule has 7 heteroatoms. The molecular weight excluding hydrogens is 212 g/mol. The van der Waals surface area contributed by atoms with Gasteiger partial charge in [0.2, 0.25) is 0 Å². The summed E-state index contributed by atoms with van der Waals surface area (Å²) < 4.78 is 40.3. The van der Waals surface area contributed by atoms with Gasteiger partial charge < -0.3 is 14.7 Å². The molecule has 1 rings (SSSR count). The first-order valence-corrected chi connectivity index (χ1v) is 4.05. The maximum absolute atomic E-state index is 11.9. The van der Waals surface area contributed by atoms with Gasteiger partial charge in [0.25, 0.3) is 0 Å². The number of rotatable bonds is 3. The molecular formula is C8H8BF3O3. The van der Waals surface area contributed by atoms with E-state index in [4.69, 9.17) is 10.0 Å². The molecule has 0 aliphatic heterocycles. The molecule has 0 saturated heterocycles. The standard InChI is InChI=1S/C8H8BF3O3/c10-8(11,12)5-6-1-3-7(4-2-6)15-9(13)14/h1-4,13-14H,5H2. The molecule has 0 aliphatic rings. The Balaban J connectivity index is 2.64. The molecule has 2 N–H and O–H groups in total. The summed E-state index contributed by atoms with van der Waals surface area (Å²) >= 11 is 0. The van der Waals surface area contributed by atoms with Gasteiger partial charge >= 0.3 is 13.5 Å². The summed E-state index contributed by atoms with van der Waals surface area (Å²) in [5, 5.41) is 16.8. The van der Waals surface area contributed by atoms with Crippen molar-refractivity contribution in [3.05, 3.63) is 29.8 Å². The van der Waals surface area contributed by atoms with Gasteiger partial charge in [0.15, 0.2) is 0 Å². The van der Waals surface area contributed by atoms with Crippen LogP contribution in [0.5, 0.6) is 5.75 Å². The summed E-state index contributed by atoms with van der Waals surface area (Å²) in [5.74, 6) is 0.0934. The van der Waals surface area contributed by atoms with Crippen molar-refractivity contribution in [3.8, 4) is 5.75 Å². The summed E-state index contributed by atoms with van der Waals surface area (Å²) in [6.45, 7) is 0. The quantitative estimate of drug-likeness (QED) is 0.750. The second kappa shape index (κ2) is 4.54. The van der Waals surface area contributed by atoms with Crippen molar-refractivity contribution in [3.63, 3.8) is 0 Å². The molecule has 82 valence electrons. The van der Waals surface area contributed by atoms with Crippen LogP contribution in [0.2, 0.25) is 0 Å². The molecule has 0 aliphatic carbocycles. The number of alkyl halides is 3. The fourth-order valence-corrected chi connectivity index (χ4v) is 1.04. The van der Waals surface area contributed by atoms with Crippen LogP contribution >= 0.6 is 0 Å². The smallest absolute Gasteiger partial charge is 0.512 e. The molecule has 0 bridgehead atoms. The van der Waals surface area contributed by atoms with E-state index in [0.717, 1.165) is 0 Å².